The van der Waals surface area contributed by atoms with E-state index < -0.39 is 8.32 Å². The van der Waals surface area contributed by atoms with Crippen LogP contribution in [0.5, 0.6) is 0 Å². The molecule has 0 unspecified atom stereocenters. The second kappa shape index (κ2) is 7.28. The first-order valence-corrected chi connectivity index (χ1v) is 9.84. The SMILES string of the molecule is CC(C)[Si](O/C(=C/Cl)c1ccccn1)(C(C)C)C(C)C. The zero-order valence-corrected chi connectivity index (χ0v) is 15.1. The highest BCUT2D eigenvalue weighted by Crippen LogP contribution is 2.44. The van der Waals surface area contributed by atoms with E-state index >= 15 is 0 Å². The average molecular weight is 312 g/mol. The van der Waals surface area contributed by atoms with E-state index in [-0.39, 0.29) is 0 Å². The summed E-state index contributed by atoms with van der Waals surface area (Å²) in [6.45, 7) is 13.6. The summed E-state index contributed by atoms with van der Waals surface area (Å²) in [5.41, 5.74) is 3.87. The normalized spacial score (nSPS) is 13.4. The van der Waals surface area contributed by atoms with E-state index in [1.807, 2.05) is 18.2 Å². The van der Waals surface area contributed by atoms with Crippen molar-refractivity contribution in [1.82, 2.24) is 4.98 Å². The minimum Gasteiger partial charge on any atom is -0.541 e. The summed E-state index contributed by atoms with van der Waals surface area (Å²) in [6.07, 6.45) is 1.77. The molecule has 1 heterocycles. The van der Waals surface area contributed by atoms with Gasteiger partial charge in [0.1, 0.15) is 11.5 Å². The maximum absolute atomic E-state index is 6.56. The zero-order valence-electron chi connectivity index (χ0n) is 13.4. The Morgan fingerprint density at radius 2 is 1.65 bits per heavy atom. The van der Waals surface area contributed by atoms with E-state index in [0.29, 0.717) is 22.4 Å². The van der Waals surface area contributed by atoms with Gasteiger partial charge in [-0.15, -0.1) is 0 Å². The molecular weight excluding hydrogens is 286 g/mol. The van der Waals surface area contributed by atoms with E-state index in [4.69, 9.17) is 16.0 Å². The van der Waals surface area contributed by atoms with Gasteiger partial charge in [0.15, 0.2) is 0 Å². The molecular formula is C16H26ClNOSi. The van der Waals surface area contributed by atoms with Gasteiger partial charge < -0.3 is 4.43 Å². The first-order valence-electron chi connectivity index (χ1n) is 7.27. The number of aromatic nitrogens is 1. The Balaban J connectivity index is 3.18. The van der Waals surface area contributed by atoms with Gasteiger partial charge in [-0.1, -0.05) is 59.2 Å². The maximum atomic E-state index is 6.56. The Hall–Kier alpha value is -0.803. The molecule has 0 aromatic carbocycles. The van der Waals surface area contributed by atoms with Crippen molar-refractivity contribution in [2.24, 2.45) is 0 Å². The average Bonchev–Trinajstić information content (AvgIpc) is 2.39. The lowest BCUT2D eigenvalue weighted by Crippen LogP contribution is -2.47. The lowest BCUT2D eigenvalue weighted by molar-refractivity contribution is 0.443. The Bertz CT molecular complexity index is 421. The zero-order chi connectivity index (χ0) is 15.3. The first-order chi connectivity index (χ1) is 9.36. The van der Waals surface area contributed by atoms with Crippen LogP contribution in [0, 0.1) is 0 Å². The number of hydrogen-bond acceptors (Lipinski definition) is 2. The third kappa shape index (κ3) is 3.44. The van der Waals surface area contributed by atoms with Crippen LogP contribution in [0.2, 0.25) is 16.6 Å². The van der Waals surface area contributed by atoms with Gasteiger partial charge in [0.05, 0.1) is 0 Å². The predicted molar refractivity (Wildman–Crippen MR) is 90.2 cm³/mol. The lowest BCUT2D eigenvalue weighted by Gasteiger charge is -2.42. The Morgan fingerprint density at radius 3 is 2.00 bits per heavy atom. The molecule has 1 aromatic rings. The molecule has 0 aliphatic carbocycles. The highest BCUT2D eigenvalue weighted by atomic mass is 35.5. The number of rotatable bonds is 6. The second-order valence-corrected chi connectivity index (χ2v) is 11.7. The van der Waals surface area contributed by atoms with Crippen LogP contribution in [0.3, 0.4) is 0 Å². The fourth-order valence-corrected chi connectivity index (χ4v) is 8.67. The molecule has 20 heavy (non-hydrogen) atoms. The summed E-state index contributed by atoms with van der Waals surface area (Å²) >= 11 is 6.02. The highest BCUT2D eigenvalue weighted by molar-refractivity contribution is 6.78. The summed E-state index contributed by atoms with van der Waals surface area (Å²) in [5, 5.41) is 0. The minimum absolute atomic E-state index is 0.512. The van der Waals surface area contributed by atoms with Crippen LogP contribution in [0.15, 0.2) is 29.9 Å². The van der Waals surface area contributed by atoms with Crippen LogP contribution in [-0.2, 0) is 4.43 Å². The second-order valence-electron chi connectivity index (χ2n) is 6.11. The summed E-state index contributed by atoms with van der Waals surface area (Å²) in [7, 11) is -1.99. The third-order valence-corrected chi connectivity index (χ3v) is 10.2. The third-order valence-electron chi connectivity index (χ3n) is 4.01. The quantitative estimate of drug-likeness (QED) is 0.488. The summed E-state index contributed by atoms with van der Waals surface area (Å²) in [6, 6.07) is 5.79. The standard InChI is InChI=1S/C16H26ClNOSi/c1-12(2)20(13(3)4,14(5)6)19-16(11-17)15-9-7-8-10-18-15/h7-14H,1-6H3/b16-11+. The van der Waals surface area contributed by atoms with Crippen molar-refractivity contribution in [3.8, 4) is 0 Å². The number of hydrogen-bond donors (Lipinski definition) is 0. The maximum Gasteiger partial charge on any atom is 0.258 e. The fraction of sp³-hybridized carbons (Fsp3) is 0.562. The number of pyridine rings is 1. The molecule has 0 fully saturated rings. The molecule has 0 spiro atoms. The summed E-state index contributed by atoms with van der Waals surface area (Å²) < 4.78 is 6.56. The molecule has 2 nitrogen and oxygen atoms in total. The minimum atomic E-state index is -1.99. The Labute approximate surface area is 129 Å². The molecule has 0 saturated heterocycles. The molecule has 4 heteroatoms. The topological polar surface area (TPSA) is 22.1 Å². The highest BCUT2D eigenvalue weighted by Gasteiger charge is 2.47. The van der Waals surface area contributed by atoms with Crippen LogP contribution in [0.25, 0.3) is 5.76 Å². The molecule has 0 atom stereocenters. The van der Waals surface area contributed by atoms with Crippen molar-refractivity contribution >= 4 is 25.7 Å². The van der Waals surface area contributed by atoms with Gasteiger partial charge in [0.2, 0.25) is 0 Å². The van der Waals surface area contributed by atoms with Gasteiger partial charge in [-0.3, -0.25) is 4.98 Å². The monoisotopic (exact) mass is 311 g/mol. The van der Waals surface area contributed by atoms with Crippen molar-refractivity contribution in [2.75, 3.05) is 0 Å². The van der Waals surface area contributed by atoms with Crippen molar-refractivity contribution in [3.63, 3.8) is 0 Å². The van der Waals surface area contributed by atoms with E-state index in [2.05, 4.69) is 46.5 Å². The molecule has 0 radical (unpaired) electrons. The van der Waals surface area contributed by atoms with Gasteiger partial charge in [-0.05, 0) is 28.8 Å². The van der Waals surface area contributed by atoms with Crippen molar-refractivity contribution in [1.29, 1.82) is 0 Å². The van der Waals surface area contributed by atoms with Crippen LogP contribution in [-0.4, -0.2) is 13.3 Å². The van der Waals surface area contributed by atoms with Crippen molar-refractivity contribution < 1.29 is 4.43 Å². The first kappa shape index (κ1) is 17.2. The molecule has 112 valence electrons. The van der Waals surface area contributed by atoms with Gasteiger partial charge in [0.25, 0.3) is 8.32 Å². The van der Waals surface area contributed by atoms with Gasteiger partial charge in [-0.25, -0.2) is 0 Å². The lowest BCUT2D eigenvalue weighted by atomic mass is 10.3. The van der Waals surface area contributed by atoms with E-state index in [1.54, 1.807) is 6.20 Å². The summed E-state index contributed by atoms with van der Waals surface area (Å²) in [5.74, 6) is 0.704. The molecule has 0 amide bonds. The molecule has 0 aliphatic heterocycles. The van der Waals surface area contributed by atoms with Crippen LogP contribution in [0.1, 0.15) is 47.2 Å². The molecule has 0 aliphatic rings. The van der Waals surface area contributed by atoms with E-state index in [9.17, 15) is 0 Å². The smallest absolute Gasteiger partial charge is 0.258 e. The van der Waals surface area contributed by atoms with Gasteiger partial charge in [-0.2, -0.15) is 0 Å². The number of halogens is 1. The van der Waals surface area contributed by atoms with Gasteiger partial charge in [0, 0.05) is 11.7 Å². The molecule has 0 bridgehead atoms. The fourth-order valence-electron chi connectivity index (χ4n) is 3.18. The van der Waals surface area contributed by atoms with E-state index in [0.717, 1.165) is 5.69 Å². The van der Waals surface area contributed by atoms with Crippen molar-refractivity contribution in [2.45, 2.75) is 58.2 Å². The van der Waals surface area contributed by atoms with Crippen LogP contribution in [0.4, 0.5) is 0 Å². The molecule has 1 rings (SSSR count). The summed E-state index contributed by atoms with van der Waals surface area (Å²) in [4.78, 5) is 4.36. The predicted octanol–water partition coefficient (Wildman–Crippen LogP) is 5.81. The Morgan fingerprint density at radius 1 is 1.10 bits per heavy atom. The van der Waals surface area contributed by atoms with Crippen molar-refractivity contribution in [3.05, 3.63) is 35.6 Å². The van der Waals surface area contributed by atoms with Crippen LogP contribution < -0.4 is 0 Å². The van der Waals surface area contributed by atoms with Crippen LogP contribution >= 0.6 is 11.6 Å². The molecule has 0 N–H and O–H groups in total. The molecule has 0 saturated carbocycles. The van der Waals surface area contributed by atoms with Gasteiger partial charge >= 0.3 is 0 Å². The largest absolute Gasteiger partial charge is 0.541 e. The number of nitrogens with zero attached hydrogens (tertiary/aromatic N) is 1. The van der Waals surface area contributed by atoms with E-state index in [1.165, 1.54) is 5.54 Å². The Kier molecular flexibility index (Phi) is 6.27. The molecule has 1 aromatic heterocycles.